The number of aryl methyl sites for hydroxylation is 1. The molecule has 0 atom stereocenters. The number of rotatable bonds is 8. The summed E-state index contributed by atoms with van der Waals surface area (Å²) in [6, 6.07) is 14.0. The highest BCUT2D eigenvalue weighted by atomic mass is 32.2. The maximum absolute atomic E-state index is 12.3. The van der Waals surface area contributed by atoms with E-state index in [1.54, 1.807) is 12.3 Å². The Morgan fingerprint density at radius 3 is 2.37 bits per heavy atom. The second-order valence-corrected chi connectivity index (χ2v) is 9.12. The van der Waals surface area contributed by atoms with E-state index < -0.39 is 10.0 Å². The zero-order chi connectivity index (χ0) is 19.0. The molecule has 1 aromatic carbocycles. The molecule has 1 heterocycles. The van der Waals surface area contributed by atoms with Crippen molar-refractivity contribution < 1.29 is 8.42 Å². The van der Waals surface area contributed by atoms with Crippen LogP contribution in [-0.4, -0.2) is 25.2 Å². The first-order valence-corrected chi connectivity index (χ1v) is 11.5. The molecule has 5 nitrogen and oxygen atoms in total. The first kappa shape index (κ1) is 19.7. The van der Waals surface area contributed by atoms with Crippen LogP contribution in [0.1, 0.15) is 50.5 Å². The largest absolute Gasteiger partial charge is 0.367 e. The van der Waals surface area contributed by atoms with Gasteiger partial charge in [-0.05, 0) is 43.4 Å². The first-order valence-electron chi connectivity index (χ1n) is 9.88. The monoisotopic (exact) mass is 387 g/mol. The average molecular weight is 388 g/mol. The molecule has 6 heteroatoms. The number of anilines is 2. The van der Waals surface area contributed by atoms with Gasteiger partial charge in [0.1, 0.15) is 5.82 Å². The Hall–Kier alpha value is -2.08. The molecule has 0 spiro atoms. The van der Waals surface area contributed by atoms with E-state index in [9.17, 15) is 8.42 Å². The van der Waals surface area contributed by atoms with Crippen molar-refractivity contribution in [1.82, 2.24) is 4.98 Å². The van der Waals surface area contributed by atoms with Gasteiger partial charge in [0, 0.05) is 6.04 Å². The summed E-state index contributed by atoms with van der Waals surface area (Å²) in [6.45, 7) is 0. The third-order valence-corrected chi connectivity index (χ3v) is 6.34. The average Bonchev–Trinajstić information content (AvgIpc) is 2.92. The summed E-state index contributed by atoms with van der Waals surface area (Å²) in [5.74, 6) is 0.915. The van der Waals surface area contributed by atoms with Crippen LogP contribution in [0.5, 0.6) is 0 Å². The van der Waals surface area contributed by atoms with Gasteiger partial charge in [-0.3, -0.25) is 4.72 Å². The van der Waals surface area contributed by atoms with E-state index in [0.29, 0.717) is 18.2 Å². The van der Waals surface area contributed by atoms with Crippen molar-refractivity contribution in [3.8, 4) is 0 Å². The Labute approximate surface area is 162 Å². The topological polar surface area (TPSA) is 71.1 Å². The summed E-state index contributed by atoms with van der Waals surface area (Å²) in [5.41, 5.74) is 1.67. The molecule has 146 valence electrons. The summed E-state index contributed by atoms with van der Waals surface area (Å²) in [6.07, 6.45) is 10.4. The van der Waals surface area contributed by atoms with Crippen LogP contribution in [0.2, 0.25) is 0 Å². The lowest BCUT2D eigenvalue weighted by Gasteiger charge is -2.17. The second kappa shape index (κ2) is 9.74. The van der Waals surface area contributed by atoms with Crippen molar-refractivity contribution in [2.75, 3.05) is 15.8 Å². The van der Waals surface area contributed by atoms with Gasteiger partial charge in [0.2, 0.25) is 10.0 Å². The number of nitrogens with zero attached hydrogens (tertiary/aromatic N) is 1. The minimum absolute atomic E-state index is 0.101. The smallest absolute Gasteiger partial charge is 0.232 e. The van der Waals surface area contributed by atoms with Gasteiger partial charge in [0.05, 0.1) is 17.6 Å². The molecule has 2 aromatic rings. The molecule has 0 radical (unpaired) electrons. The minimum atomic E-state index is -3.36. The zero-order valence-corrected chi connectivity index (χ0v) is 16.5. The Balaban J connectivity index is 1.47. The fourth-order valence-corrected chi connectivity index (χ4v) is 4.62. The molecular formula is C21H29N3O2S. The van der Waals surface area contributed by atoms with E-state index in [1.165, 1.54) is 38.5 Å². The summed E-state index contributed by atoms with van der Waals surface area (Å²) in [4.78, 5) is 4.38. The molecule has 0 saturated heterocycles. The molecule has 1 aliphatic rings. The third-order valence-electron chi connectivity index (χ3n) is 4.97. The van der Waals surface area contributed by atoms with Gasteiger partial charge in [0.25, 0.3) is 0 Å². The molecule has 0 unspecified atom stereocenters. The van der Waals surface area contributed by atoms with Gasteiger partial charge in [0.15, 0.2) is 0 Å². The Morgan fingerprint density at radius 1 is 0.963 bits per heavy atom. The Morgan fingerprint density at radius 2 is 1.70 bits per heavy atom. The highest BCUT2D eigenvalue weighted by Gasteiger charge is 2.13. The van der Waals surface area contributed by atoms with E-state index in [2.05, 4.69) is 15.0 Å². The SMILES string of the molecule is O=S(=O)(CCCc1ccccc1)Nc1ccc(NC2CCCCCC2)nc1. The fraction of sp³-hybridized carbons (Fsp3) is 0.476. The second-order valence-electron chi connectivity index (χ2n) is 7.28. The van der Waals surface area contributed by atoms with E-state index in [1.807, 2.05) is 36.4 Å². The predicted molar refractivity (Wildman–Crippen MR) is 112 cm³/mol. The molecule has 1 saturated carbocycles. The van der Waals surface area contributed by atoms with Gasteiger partial charge in [-0.1, -0.05) is 56.0 Å². The highest BCUT2D eigenvalue weighted by Crippen LogP contribution is 2.21. The summed E-state index contributed by atoms with van der Waals surface area (Å²) in [7, 11) is -3.36. The number of aromatic nitrogens is 1. The van der Waals surface area contributed by atoms with Crippen molar-refractivity contribution in [3.05, 3.63) is 54.2 Å². The van der Waals surface area contributed by atoms with Crippen LogP contribution >= 0.6 is 0 Å². The minimum Gasteiger partial charge on any atom is -0.367 e. The highest BCUT2D eigenvalue weighted by molar-refractivity contribution is 7.92. The fourth-order valence-electron chi connectivity index (χ4n) is 3.51. The lowest BCUT2D eigenvalue weighted by Crippen LogP contribution is -2.19. The zero-order valence-electron chi connectivity index (χ0n) is 15.7. The standard InChI is InChI=1S/C21H29N3O2S/c25-27(26,16-8-11-18-9-4-3-5-10-18)24-20-14-15-21(22-17-20)23-19-12-6-1-2-7-13-19/h3-5,9-10,14-15,17,19,24H,1-2,6-8,11-13,16H2,(H,22,23). The van der Waals surface area contributed by atoms with Crippen molar-refractivity contribution in [2.45, 2.75) is 57.4 Å². The van der Waals surface area contributed by atoms with Crippen LogP contribution in [0.4, 0.5) is 11.5 Å². The summed E-state index contributed by atoms with van der Waals surface area (Å²) < 4.78 is 27.2. The summed E-state index contributed by atoms with van der Waals surface area (Å²) >= 11 is 0. The molecule has 2 N–H and O–H groups in total. The Bertz CT molecular complexity index is 784. The van der Waals surface area contributed by atoms with Crippen LogP contribution < -0.4 is 10.0 Å². The molecule has 3 rings (SSSR count). The van der Waals surface area contributed by atoms with Crippen LogP contribution in [0.15, 0.2) is 48.7 Å². The van der Waals surface area contributed by atoms with Crippen LogP contribution in [-0.2, 0) is 16.4 Å². The molecule has 0 aliphatic heterocycles. The number of sulfonamides is 1. The van der Waals surface area contributed by atoms with E-state index >= 15 is 0 Å². The van der Waals surface area contributed by atoms with Gasteiger partial charge >= 0.3 is 0 Å². The third kappa shape index (κ3) is 6.86. The van der Waals surface area contributed by atoms with Crippen molar-refractivity contribution in [2.24, 2.45) is 0 Å². The number of hydrogen-bond donors (Lipinski definition) is 2. The van der Waals surface area contributed by atoms with Crippen LogP contribution in [0.3, 0.4) is 0 Å². The molecule has 1 aliphatic carbocycles. The van der Waals surface area contributed by atoms with E-state index in [0.717, 1.165) is 17.8 Å². The number of benzene rings is 1. The number of pyridine rings is 1. The van der Waals surface area contributed by atoms with E-state index in [4.69, 9.17) is 0 Å². The van der Waals surface area contributed by atoms with Gasteiger partial charge < -0.3 is 5.32 Å². The molecule has 0 amide bonds. The summed E-state index contributed by atoms with van der Waals surface area (Å²) in [5, 5.41) is 3.48. The maximum atomic E-state index is 12.3. The quantitative estimate of drug-likeness (QED) is 0.650. The van der Waals surface area contributed by atoms with Crippen molar-refractivity contribution in [1.29, 1.82) is 0 Å². The lowest BCUT2D eigenvalue weighted by atomic mass is 10.1. The van der Waals surface area contributed by atoms with Crippen LogP contribution in [0.25, 0.3) is 0 Å². The predicted octanol–water partition coefficient (Wildman–Crippen LogP) is 4.59. The number of hydrogen-bond acceptors (Lipinski definition) is 4. The van der Waals surface area contributed by atoms with E-state index in [-0.39, 0.29) is 5.75 Å². The first-order chi connectivity index (χ1) is 13.1. The molecule has 27 heavy (non-hydrogen) atoms. The van der Waals surface area contributed by atoms with Gasteiger partial charge in [-0.15, -0.1) is 0 Å². The van der Waals surface area contributed by atoms with Crippen molar-refractivity contribution >= 4 is 21.5 Å². The van der Waals surface area contributed by atoms with Gasteiger partial charge in [-0.2, -0.15) is 0 Å². The lowest BCUT2D eigenvalue weighted by molar-refractivity contribution is 0.598. The van der Waals surface area contributed by atoms with Gasteiger partial charge in [-0.25, -0.2) is 13.4 Å². The molecular weight excluding hydrogens is 358 g/mol. The Kier molecular flexibility index (Phi) is 7.10. The molecule has 1 aromatic heterocycles. The van der Waals surface area contributed by atoms with Crippen molar-refractivity contribution in [3.63, 3.8) is 0 Å². The van der Waals surface area contributed by atoms with Crippen LogP contribution in [0, 0.1) is 0 Å². The number of nitrogens with one attached hydrogen (secondary N) is 2. The molecule has 0 bridgehead atoms. The maximum Gasteiger partial charge on any atom is 0.232 e. The molecule has 1 fully saturated rings. The normalized spacial score (nSPS) is 15.9.